The van der Waals surface area contributed by atoms with E-state index in [0.29, 0.717) is 12.1 Å². The Hall–Kier alpha value is -3.92. The minimum Gasteiger partial charge on any atom is -0.507 e. The first-order chi connectivity index (χ1) is 22.1. The number of benzene rings is 2. The number of phenolic OH excluding ortho intramolecular Hbond substituents is 1. The summed E-state index contributed by atoms with van der Waals surface area (Å²) < 4.78 is 22.6. The third kappa shape index (κ3) is 5.10. The van der Waals surface area contributed by atoms with Crippen LogP contribution in [0.25, 0.3) is 0 Å². The van der Waals surface area contributed by atoms with Crippen LogP contribution in [0.4, 0.5) is 0 Å². The second-order valence-corrected chi connectivity index (χ2v) is 15.1. The maximum absolute atomic E-state index is 14.4. The van der Waals surface area contributed by atoms with Crippen molar-refractivity contribution in [3.05, 3.63) is 51.7 Å². The Morgan fingerprint density at radius 1 is 1.04 bits per heavy atom. The van der Waals surface area contributed by atoms with E-state index in [1.807, 2.05) is 4.90 Å². The van der Waals surface area contributed by atoms with Crippen LogP contribution < -0.4 is 18.9 Å². The van der Waals surface area contributed by atoms with Gasteiger partial charge in [0.15, 0.2) is 28.8 Å². The van der Waals surface area contributed by atoms with E-state index in [-0.39, 0.29) is 80.5 Å². The number of aliphatic hydroxyl groups excluding tert-OH is 1. The summed E-state index contributed by atoms with van der Waals surface area (Å²) in [4.78, 5) is 44.6. The first-order valence-electron chi connectivity index (χ1n) is 15.9. The number of allylic oxidation sites excluding steroid dienone is 1. The highest BCUT2D eigenvalue weighted by Crippen LogP contribution is 2.57. The summed E-state index contributed by atoms with van der Waals surface area (Å²) in [5.41, 5.74) is -1.54. The summed E-state index contributed by atoms with van der Waals surface area (Å²) in [6.07, 6.45) is 2.47. The number of carbonyl (C=O) groups is 3. The molecule has 2 aromatic carbocycles. The lowest BCUT2D eigenvalue weighted by Crippen LogP contribution is -2.53. The molecule has 0 aromatic heterocycles. The third-order valence-corrected chi connectivity index (χ3v) is 10.9. The zero-order valence-electron chi connectivity index (χ0n) is 27.9. The highest BCUT2D eigenvalue weighted by molar-refractivity contribution is 6.35. The minimum atomic E-state index is -2.00. The number of aromatic hydroxyl groups is 1. The van der Waals surface area contributed by atoms with E-state index in [2.05, 4.69) is 20.8 Å². The van der Waals surface area contributed by atoms with E-state index >= 15 is 0 Å². The average molecular weight is 668 g/mol. The standard InChI is InChI=1S/C36H42ClNO9/c1-18-10-23(40)28(32(42)36(18)33(43)29-25(45-6)13-26(46-7)30(37)31(29)47-36)21(19-8-9-22(39)24(11-19)44-5)12-27(41)38-17-35(4)15-20(38)14-34(2,3)16-35/h8-9,11,13,18,20-21,39,42H,10,12,14-17H2,1-7H3/t18-,20?,21?,35?,36+/m1/s1. The Labute approximate surface area is 279 Å². The number of rotatable bonds is 7. The summed E-state index contributed by atoms with van der Waals surface area (Å²) in [7, 11) is 4.21. The molecule has 2 aromatic rings. The SMILES string of the molecule is COc1cc(C(CC(=O)N2CC3(C)CC2CC(C)(C)C3)C2=C(O)[C@@]3(Oc4c(Cl)c(OC)cc(OC)c4C3=O)[C@H](C)CC2=O)ccc1O. The fraction of sp³-hybridized carbons (Fsp3) is 0.528. The average Bonchev–Trinajstić information content (AvgIpc) is 3.46. The molecule has 2 N–H and O–H groups in total. The summed E-state index contributed by atoms with van der Waals surface area (Å²) in [6, 6.07) is 6.10. The van der Waals surface area contributed by atoms with E-state index < -0.39 is 34.8 Å². The van der Waals surface area contributed by atoms with Gasteiger partial charge in [-0.1, -0.05) is 45.4 Å². The monoisotopic (exact) mass is 667 g/mol. The van der Waals surface area contributed by atoms with Crippen LogP contribution in [0.5, 0.6) is 28.7 Å². The quantitative estimate of drug-likeness (QED) is 0.344. The number of amides is 1. The lowest BCUT2D eigenvalue weighted by Gasteiger charge is -2.40. The molecule has 2 bridgehead atoms. The van der Waals surface area contributed by atoms with Crippen LogP contribution in [0.1, 0.15) is 81.6 Å². The van der Waals surface area contributed by atoms with Crippen LogP contribution in [0, 0.1) is 16.7 Å². The predicted molar refractivity (Wildman–Crippen MR) is 174 cm³/mol. The van der Waals surface area contributed by atoms with E-state index in [1.54, 1.807) is 19.1 Å². The number of methoxy groups -OCH3 is 3. The number of nitrogens with zero attached hydrogens (tertiary/aromatic N) is 1. The summed E-state index contributed by atoms with van der Waals surface area (Å²) >= 11 is 6.63. The molecule has 4 aliphatic rings. The van der Waals surface area contributed by atoms with Gasteiger partial charge in [0.1, 0.15) is 22.1 Å². The summed E-state index contributed by atoms with van der Waals surface area (Å²) in [6.45, 7) is 8.93. The van der Waals surface area contributed by atoms with Gasteiger partial charge in [-0.15, -0.1) is 0 Å². The largest absolute Gasteiger partial charge is 0.507 e. The molecule has 10 nitrogen and oxygen atoms in total. The van der Waals surface area contributed by atoms with Gasteiger partial charge >= 0.3 is 0 Å². The van der Waals surface area contributed by atoms with Gasteiger partial charge in [-0.05, 0) is 47.8 Å². The first kappa shape index (κ1) is 33.0. The minimum absolute atomic E-state index is 0.0147. The second kappa shape index (κ2) is 11.4. The normalized spacial score (nSPS) is 28.3. The van der Waals surface area contributed by atoms with Crippen molar-refractivity contribution < 1.29 is 43.5 Å². The van der Waals surface area contributed by atoms with Crippen LogP contribution in [-0.2, 0) is 9.59 Å². The molecular weight excluding hydrogens is 626 g/mol. The van der Waals surface area contributed by atoms with Gasteiger partial charge in [0.25, 0.3) is 0 Å². The number of fused-ring (bicyclic) bond motifs is 3. The molecule has 11 heteroatoms. The molecule has 2 aliphatic carbocycles. The molecule has 252 valence electrons. The van der Waals surface area contributed by atoms with E-state index in [4.69, 9.17) is 30.5 Å². The number of likely N-dealkylation sites (tertiary alicyclic amines) is 1. The van der Waals surface area contributed by atoms with E-state index in [0.717, 1.165) is 19.3 Å². The number of Topliss-reactive ketones (excluding diaryl/α,β-unsaturated/α-hetero) is 2. The highest BCUT2D eigenvalue weighted by atomic mass is 35.5. The number of hydrogen-bond donors (Lipinski definition) is 2. The van der Waals surface area contributed by atoms with Crippen LogP contribution >= 0.6 is 11.6 Å². The topological polar surface area (TPSA) is 132 Å². The van der Waals surface area contributed by atoms with Crippen molar-refractivity contribution in [2.75, 3.05) is 27.9 Å². The Morgan fingerprint density at radius 3 is 2.38 bits per heavy atom. The van der Waals surface area contributed by atoms with Gasteiger partial charge in [0.2, 0.25) is 17.3 Å². The molecule has 5 atom stereocenters. The lowest BCUT2D eigenvalue weighted by molar-refractivity contribution is -0.132. The fourth-order valence-corrected chi connectivity index (χ4v) is 9.14. The zero-order valence-corrected chi connectivity index (χ0v) is 28.6. The number of ether oxygens (including phenoxy) is 4. The van der Waals surface area contributed by atoms with Crippen LogP contribution in [-0.4, -0.2) is 72.1 Å². The number of hydrogen-bond acceptors (Lipinski definition) is 9. The van der Waals surface area contributed by atoms with Gasteiger partial charge in [-0.25, -0.2) is 0 Å². The number of ketones is 2. The van der Waals surface area contributed by atoms with Crippen LogP contribution in [0.15, 0.2) is 35.6 Å². The maximum Gasteiger partial charge on any atom is 0.231 e. The van der Waals surface area contributed by atoms with Crippen molar-refractivity contribution in [2.24, 2.45) is 16.7 Å². The number of phenols is 1. The molecule has 2 aliphatic heterocycles. The predicted octanol–water partition coefficient (Wildman–Crippen LogP) is 6.41. The van der Waals surface area contributed by atoms with Crippen molar-refractivity contribution in [3.8, 4) is 28.7 Å². The summed E-state index contributed by atoms with van der Waals surface area (Å²) in [5.74, 6) is -3.18. The van der Waals surface area contributed by atoms with Gasteiger partial charge < -0.3 is 34.1 Å². The second-order valence-electron chi connectivity index (χ2n) is 14.7. The molecule has 1 saturated heterocycles. The molecule has 6 rings (SSSR count). The smallest absolute Gasteiger partial charge is 0.231 e. The van der Waals surface area contributed by atoms with Crippen molar-refractivity contribution in [1.29, 1.82) is 0 Å². The molecule has 1 spiro atoms. The molecule has 3 unspecified atom stereocenters. The molecule has 1 amide bonds. The molecule has 2 fully saturated rings. The molecule has 1 saturated carbocycles. The van der Waals surface area contributed by atoms with E-state index in [1.165, 1.54) is 33.5 Å². The molecular formula is C36H42ClNO9. The van der Waals surface area contributed by atoms with Crippen molar-refractivity contribution in [2.45, 2.75) is 77.4 Å². The molecule has 0 radical (unpaired) electrons. The zero-order chi connectivity index (χ0) is 34.2. The summed E-state index contributed by atoms with van der Waals surface area (Å²) in [5, 5.41) is 22.6. The van der Waals surface area contributed by atoms with Gasteiger partial charge in [-0.3, -0.25) is 14.4 Å². The number of carbonyl (C=O) groups excluding carboxylic acids is 3. The van der Waals surface area contributed by atoms with Gasteiger partial charge in [-0.2, -0.15) is 0 Å². The van der Waals surface area contributed by atoms with Crippen molar-refractivity contribution in [3.63, 3.8) is 0 Å². The van der Waals surface area contributed by atoms with Crippen molar-refractivity contribution in [1.82, 2.24) is 4.90 Å². The van der Waals surface area contributed by atoms with Crippen LogP contribution in [0.3, 0.4) is 0 Å². The van der Waals surface area contributed by atoms with Crippen molar-refractivity contribution >= 4 is 29.1 Å². The number of aliphatic hydroxyl groups is 1. The van der Waals surface area contributed by atoms with Gasteiger partial charge in [0.05, 0.1) is 21.3 Å². The molecule has 2 heterocycles. The maximum atomic E-state index is 14.4. The Bertz CT molecular complexity index is 1720. The molecule has 47 heavy (non-hydrogen) atoms. The lowest BCUT2D eigenvalue weighted by atomic mass is 9.65. The fourth-order valence-electron chi connectivity index (χ4n) is 8.88. The third-order valence-electron chi connectivity index (χ3n) is 10.6. The Kier molecular flexibility index (Phi) is 7.97. The number of halogens is 1. The van der Waals surface area contributed by atoms with Crippen LogP contribution in [0.2, 0.25) is 5.02 Å². The highest BCUT2D eigenvalue weighted by Gasteiger charge is 2.62. The Morgan fingerprint density at radius 2 is 1.72 bits per heavy atom. The van der Waals surface area contributed by atoms with E-state index in [9.17, 15) is 24.6 Å². The first-order valence-corrected chi connectivity index (χ1v) is 16.3. The van der Waals surface area contributed by atoms with Gasteiger partial charge in [0, 0.05) is 48.9 Å². The Balaban J connectivity index is 1.49.